The Morgan fingerprint density at radius 1 is 1.46 bits per heavy atom. The van der Waals surface area contributed by atoms with Crippen molar-refractivity contribution in [3.63, 3.8) is 0 Å². The molecule has 0 saturated carbocycles. The number of nitrogens with one attached hydrogen (secondary N) is 1. The predicted molar refractivity (Wildman–Crippen MR) is 38.0 cm³/mol. The van der Waals surface area contributed by atoms with E-state index in [4.69, 9.17) is 0 Å². The van der Waals surface area contributed by atoms with Crippen LogP contribution in [0.15, 0.2) is 0 Å². The molecular formula is C6H12NNa2O3P. The molecule has 1 rings (SSSR count). The molecule has 2 unspecified atom stereocenters. The summed E-state index contributed by atoms with van der Waals surface area (Å²) in [6, 6.07) is 0.353. The van der Waals surface area contributed by atoms with Gasteiger partial charge in [0.25, 0.3) is 0 Å². The Hall–Kier alpha value is 2.11. The van der Waals surface area contributed by atoms with Gasteiger partial charge in [-0.25, -0.2) is 0 Å². The van der Waals surface area contributed by atoms with Crippen molar-refractivity contribution in [3.8, 4) is 0 Å². The Labute approximate surface area is 123 Å². The molecule has 2 atom stereocenters. The Morgan fingerprint density at radius 3 is 2.31 bits per heavy atom. The minimum atomic E-state index is -4.28. The van der Waals surface area contributed by atoms with E-state index in [2.05, 4.69) is 5.32 Å². The molecule has 0 aliphatic carbocycles. The van der Waals surface area contributed by atoms with E-state index in [0.717, 1.165) is 6.42 Å². The molecule has 1 fully saturated rings. The Balaban J connectivity index is 0. The molecule has 0 spiro atoms. The van der Waals surface area contributed by atoms with Crippen molar-refractivity contribution >= 4 is 7.60 Å². The van der Waals surface area contributed by atoms with E-state index in [1.807, 2.05) is 6.92 Å². The average Bonchev–Trinajstić information content (AvgIpc) is 2.10. The summed E-state index contributed by atoms with van der Waals surface area (Å²) in [5.41, 5.74) is 0. The van der Waals surface area contributed by atoms with E-state index in [-0.39, 0.29) is 71.2 Å². The molecule has 1 saturated heterocycles. The minimum Gasteiger partial charge on any atom is -0.811 e. The van der Waals surface area contributed by atoms with Crippen LogP contribution in [0.4, 0.5) is 0 Å². The molecule has 4 nitrogen and oxygen atoms in total. The van der Waals surface area contributed by atoms with Crippen LogP contribution in [0.25, 0.3) is 0 Å². The molecule has 13 heavy (non-hydrogen) atoms. The van der Waals surface area contributed by atoms with Crippen LogP contribution < -0.4 is 74.2 Å². The van der Waals surface area contributed by atoms with Gasteiger partial charge in [-0.1, -0.05) is 7.60 Å². The van der Waals surface area contributed by atoms with E-state index >= 15 is 0 Å². The molecule has 7 heteroatoms. The first-order valence-electron chi connectivity index (χ1n) is 3.72. The second kappa shape index (κ2) is 7.39. The zero-order valence-electron chi connectivity index (χ0n) is 8.45. The minimum absolute atomic E-state index is 0. The van der Waals surface area contributed by atoms with Crippen LogP contribution in [0.3, 0.4) is 0 Å². The molecule has 0 aromatic heterocycles. The van der Waals surface area contributed by atoms with Gasteiger partial charge in [0, 0.05) is 6.04 Å². The first-order valence-corrected chi connectivity index (χ1v) is 5.44. The topological polar surface area (TPSA) is 75.2 Å². The zero-order valence-corrected chi connectivity index (χ0v) is 13.3. The molecular weight excluding hydrogens is 211 g/mol. The van der Waals surface area contributed by atoms with Gasteiger partial charge >= 0.3 is 59.1 Å². The van der Waals surface area contributed by atoms with E-state index in [1.54, 1.807) is 0 Å². The second-order valence-electron chi connectivity index (χ2n) is 3.20. The van der Waals surface area contributed by atoms with Gasteiger partial charge in [0.15, 0.2) is 0 Å². The van der Waals surface area contributed by atoms with Gasteiger partial charge in [-0.05, 0) is 32.0 Å². The molecule has 0 radical (unpaired) electrons. The summed E-state index contributed by atoms with van der Waals surface area (Å²) in [7, 11) is -4.28. The Kier molecular flexibility index (Phi) is 9.96. The predicted octanol–water partition coefficient (Wildman–Crippen LogP) is -7.09. The summed E-state index contributed by atoms with van der Waals surface area (Å²) in [5.74, 6) is 0.0332. The maximum atomic E-state index is 10.3. The van der Waals surface area contributed by atoms with Crippen molar-refractivity contribution in [2.45, 2.75) is 19.4 Å². The fraction of sp³-hybridized carbons (Fsp3) is 1.00. The number of rotatable bonds is 2. The average molecular weight is 223 g/mol. The van der Waals surface area contributed by atoms with Crippen LogP contribution in [-0.4, -0.2) is 18.7 Å². The van der Waals surface area contributed by atoms with E-state index in [0.29, 0.717) is 12.6 Å². The molecule has 0 bridgehead atoms. The maximum absolute atomic E-state index is 10.3. The summed E-state index contributed by atoms with van der Waals surface area (Å²) in [4.78, 5) is 20.7. The molecule has 0 amide bonds. The van der Waals surface area contributed by atoms with Crippen LogP contribution in [0, 0.1) is 5.92 Å². The molecule has 0 aromatic carbocycles. The maximum Gasteiger partial charge on any atom is 1.00 e. The number of hydrogen-bond acceptors (Lipinski definition) is 4. The first-order chi connectivity index (χ1) is 4.97. The second-order valence-corrected chi connectivity index (χ2v) is 4.79. The third-order valence-corrected chi connectivity index (χ3v) is 2.89. The van der Waals surface area contributed by atoms with Crippen LogP contribution in [0.2, 0.25) is 0 Å². The molecule has 1 aliphatic rings. The Bertz CT molecular complexity index is 187. The normalized spacial score (nSPS) is 27.6. The van der Waals surface area contributed by atoms with Crippen LogP contribution in [0.1, 0.15) is 13.3 Å². The SMILES string of the molecule is CC1CC(CP(=O)([O-])[O-])CN1.[Na+].[Na+]. The van der Waals surface area contributed by atoms with Crippen LogP contribution in [0.5, 0.6) is 0 Å². The monoisotopic (exact) mass is 223 g/mol. The van der Waals surface area contributed by atoms with Gasteiger partial charge in [-0.2, -0.15) is 0 Å². The molecule has 1 N–H and O–H groups in total. The third-order valence-electron chi connectivity index (χ3n) is 1.92. The largest absolute Gasteiger partial charge is 1.00 e. The van der Waals surface area contributed by atoms with Crippen molar-refractivity contribution < 1.29 is 73.5 Å². The number of hydrogen-bond donors (Lipinski definition) is 1. The van der Waals surface area contributed by atoms with E-state index in [1.165, 1.54) is 0 Å². The van der Waals surface area contributed by atoms with Crippen LogP contribution in [-0.2, 0) is 4.57 Å². The van der Waals surface area contributed by atoms with E-state index in [9.17, 15) is 14.4 Å². The van der Waals surface area contributed by atoms with Crippen molar-refractivity contribution in [2.75, 3.05) is 12.7 Å². The fourth-order valence-corrected chi connectivity index (χ4v) is 2.40. The van der Waals surface area contributed by atoms with Gasteiger partial charge in [0.05, 0.1) is 0 Å². The van der Waals surface area contributed by atoms with Crippen molar-refractivity contribution in [2.24, 2.45) is 5.92 Å². The summed E-state index contributed by atoms with van der Waals surface area (Å²) in [6.07, 6.45) is 0.610. The fourth-order valence-electron chi connectivity index (χ4n) is 1.49. The standard InChI is InChI=1S/C6H14NO3P.2Na/c1-5-2-6(3-7-5)4-11(8,9)10;;/h5-7H,2-4H2,1H3,(H2,8,9,10);;/q;2*+1/p-2. The summed E-state index contributed by atoms with van der Waals surface area (Å²) < 4.78 is 10.3. The van der Waals surface area contributed by atoms with Crippen molar-refractivity contribution in [1.82, 2.24) is 5.32 Å². The Morgan fingerprint density at radius 2 is 2.00 bits per heavy atom. The van der Waals surface area contributed by atoms with Crippen LogP contribution >= 0.6 is 7.60 Å². The smallest absolute Gasteiger partial charge is 0.811 e. The van der Waals surface area contributed by atoms with Gasteiger partial charge < -0.3 is 19.7 Å². The molecule has 0 aromatic rings. The van der Waals surface area contributed by atoms with Gasteiger partial charge in [-0.15, -0.1) is 0 Å². The van der Waals surface area contributed by atoms with Crippen molar-refractivity contribution in [3.05, 3.63) is 0 Å². The zero-order chi connectivity index (χ0) is 8.48. The first kappa shape index (κ1) is 17.5. The van der Waals surface area contributed by atoms with Gasteiger partial charge in [0.2, 0.25) is 0 Å². The summed E-state index contributed by atoms with van der Waals surface area (Å²) >= 11 is 0. The van der Waals surface area contributed by atoms with Gasteiger partial charge in [-0.3, -0.25) is 0 Å². The molecule has 66 valence electrons. The summed E-state index contributed by atoms with van der Waals surface area (Å²) in [6.45, 7) is 2.65. The molecule has 1 heterocycles. The van der Waals surface area contributed by atoms with Gasteiger partial charge in [0.1, 0.15) is 0 Å². The van der Waals surface area contributed by atoms with E-state index < -0.39 is 7.60 Å². The third kappa shape index (κ3) is 7.97. The summed E-state index contributed by atoms with van der Waals surface area (Å²) in [5, 5.41) is 3.09. The quantitative estimate of drug-likeness (QED) is 0.373. The molecule has 1 aliphatic heterocycles. The van der Waals surface area contributed by atoms with Crippen molar-refractivity contribution in [1.29, 1.82) is 0 Å².